The van der Waals surface area contributed by atoms with E-state index in [1.165, 1.54) is 0 Å². The number of anilines is 1. The largest absolute Gasteiger partial charge is 0.419 e. The maximum absolute atomic E-state index is 14.6. The SMILES string of the molecule is O=C(Nc1cccc(C(F)(F)F)c1F)NC(Cc1ccccc1)(c1ccccc1)c1ccccn1. The van der Waals surface area contributed by atoms with Gasteiger partial charge in [0.15, 0.2) is 5.82 Å². The van der Waals surface area contributed by atoms with Crippen LogP contribution in [0.25, 0.3) is 0 Å². The van der Waals surface area contributed by atoms with Gasteiger partial charge in [0.25, 0.3) is 0 Å². The van der Waals surface area contributed by atoms with Crippen LogP contribution in [0.2, 0.25) is 0 Å². The van der Waals surface area contributed by atoms with E-state index < -0.39 is 34.8 Å². The molecule has 0 radical (unpaired) electrons. The van der Waals surface area contributed by atoms with Crippen molar-refractivity contribution in [2.24, 2.45) is 0 Å². The predicted octanol–water partition coefficient (Wildman–Crippen LogP) is 6.55. The molecule has 0 fully saturated rings. The number of amides is 2. The molecule has 8 heteroatoms. The Kier molecular flexibility index (Phi) is 6.82. The number of hydrogen-bond acceptors (Lipinski definition) is 2. The van der Waals surface area contributed by atoms with Crippen molar-refractivity contribution in [2.45, 2.75) is 18.1 Å². The Labute approximate surface area is 199 Å². The van der Waals surface area contributed by atoms with Crippen molar-refractivity contribution in [1.29, 1.82) is 0 Å². The maximum Gasteiger partial charge on any atom is 0.419 e. The Balaban J connectivity index is 1.77. The first-order chi connectivity index (χ1) is 16.8. The van der Waals surface area contributed by atoms with Crippen LogP contribution in [-0.2, 0) is 18.1 Å². The summed E-state index contributed by atoms with van der Waals surface area (Å²) in [6.07, 6.45) is -3.02. The molecule has 4 aromatic rings. The minimum absolute atomic E-state index is 0.285. The molecule has 1 heterocycles. The van der Waals surface area contributed by atoms with Gasteiger partial charge in [-0.25, -0.2) is 9.18 Å². The van der Waals surface area contributed by atoms with E-state index in [2.05, 4.69) is 15.6 Å². The number of rotatable bonds is 6. The van der Waals surface area contributed by atoms with Crippen LogP contribution < -0.4 is 10.6 Å². The van der Waals surface area contributed by atoms with E-state index in [4.69, 9.17) is 0 Å². The van der Waals surface area contributed by atoms with Crippen LogP contribution in [0.4, 0.5) is 28.0 Å². The average molecular weight is 479 g/mol. The zero-order chi connectivity index (χ0) is 24.9. The van der Waals surface area contributed by atoms with Crippen LogP contribution in [0.5, 0.6) is 0 Å². The van der Waals surface area contributed by atoms with E-state index in [1.807, 2.05) is 60.7 Å². The van der Waals surface area contributed by atoms with Crippen molar-refractivity contribution in [3.05, 3.63) is 131 Å². The summed E-state index contributed by atoms with van der Waals surface area (Å²) in [5, 5.41) is 5.14. The molecule has 4 rings (SSSR count). The summed E-state index contributed by atoms with van der Waals surface area (Å²) in [5.74, 6) is -1.55. The standard InChI is InChI=1S/C27H21F4N3O/c28-24-21(27(29,30)31)14-9-15-22(24)33-25(35)34-26(20-12-5-2-6-13-20,23-16-7-8-17-32-23)18-19-10-3-1-4-11-19/h1-17H,18H2,(H2,33,34,35). The molecule has 1 unspecified atom stereocenters. The highest BCUT2D eigenvalue weighted by atomic mass is 19.4. The first kappa shape index (κ1) is 23.9. The Morgan fingerprint density at radius 2 is 1.46 bits per heavy atom. The van der Waals surface area contributed by atoms with Gasteiger partial charge in [-0.2, -0.15) is 13.2 Å². The third-order valence-electron chi connectivity index (χ3n) is 5.56. The molecule has 1 atom stereocenters. The molecule has 1 aromatic heterocycles. The van der Waals surface area contributed by atoms with Crippen LogP contribution in [0.15, 0.2) is 103 Å². The maximum atomic E-state index is 14.6. The van der Waals surface area contributed by atoms with Gasteiger partial charge < -0.3 is 10.6 Å². The van der Waals surface area contributed by atoms with Gasteiger partial charge in [0.2, 0.25) is 0 Å². The number of carbonyl (C=O) groups is 1. The quantitative estimate of drug-likeness (QED) is 0.308. The van der Waals surface area contributed by atoms with Gasteiger partial charge in [-0.3, -0.25) is 4.98 Å². The molecule has 0 saturated carbocycles. The van der Waals surface area contributed by atoms with E-state index >= 15 is 0 Å². The molecule has 2 N–H and O–H groups in total. The fourth-order valence-corrected chi connectivity index (χ4v) is 3.96. The normalized spacial score (nSPS) is 13.0. The molecule has 0 aliphatic heterocycles. The van der Waals surface area contributed by atoms with Gasteiger partial charge in [-0.15, -0.1) is 0 Å². The number of aromatic nitrogens is 1. The van der Waals surface area contributed by atoms with Crippen LogP contribution >= 0.6 is 0 Å². The molecule has 35 heavy (non-hydrogen) atoms. The molecule has 4 nitrogen and oxygen atoms in total. The van der Waals surface area contributed by atoms with E-state index in [0.717, 1.165) is 17.7 Å². The highest BCUT2D eigenvalue weighted by Crippen LogP contribution is 2.35. The topological polar surface area (TPSA) is 54.0 Å². The second kappa shape index (κ2) is 9.97. The third kappa shape index (κ3) is 5.32. The highest BCUT2D eigenvalue weighted by molar-refractivity contribution is 5.90. The van der Waals surface area contributed by atoms with Crippen molar-refractivity contribution >= 4 is 11.7 Å². The molecule has 2 amide bonds. The molecule has 0 aliphatic carbocycles. The second-order valence-corrected chi connectivity index (χ2v) is 7.89. The summed E-state index contributed by atoms with van der Waals surface area (Å²) in [5.41, 5.74) is -1.16. The molecule has 178 valence electrons. The lowest BCUT2D eigenvalue weighted by molar-refractivity contribution is -0.139. The molecule has 0 bridgehead atoms. The van der Waals surface area contributed by atoms with E-state index in [0.29, 0.717) is 17.3 Å². The Bertz CT molecular complexity index is 1240. The molecular weight excluding hydrogens is 458 g/mol. The summed E-state index contributed by atoms with van der Waals surface area (Å²) in [7, 11) is 0. The molecule has 0 saturated heterocycles. The van der Waals surface area contributed by atoms with Gasteiger partial charge in [-0.1, -0.05) is 72.8 Å². The molecule has 0 aliphatic rings. The third-order valence-corrected chi connectivity index (χ3v) is 5.56. The number of hydrogen-bond donors (Lipinski definition) is 2. The number of halogens is 4. The highest BCUT2D eigenvalue weighted by Gasteiger charge is 2.39. The number of pyridine rings is 1. The fraction of sp³-hybridized carbons (Fsp3) is 0.111. The number of urea groups is 1. The summed E-state index contributed by atoms with van der Waals surface area (Å²) in [6, 6.07) is 25.6. The lowest BCUT2D eigenvalue weighted by atomic mass is 9.80. The van der Waals surface area contributed by atoms with Crippen molar-refractivity contribution in [3.63, 3.8) is 0 Å². The lowest BCUT2D eigenvalue weighted by Gasteiger charge is -2.35. The van der Waals surface area contributed by atoms with Crippen molar-refractivity contribution in [1.82, 2.24) is 10.3 Å². The number of nitrogens with one attached hydrogen (secondary N) is 2. The van der Waals surface area contributed by atoms with Crippen molar-refractivity contribution in [2.75, 3.05) is 5.32 Å². The minimum Gasteiger partial charge on any atom is -0.322 e. The summed E-state index contributed by atoms with van der Waals surface area (Å²) < 4.78 is 54.0. The first-order valence-corrected chi connectivity index (χ1v) is 10.8. The number of benzene rings is 3. The second-order valence-electron chi connectivity index (χ2n) is 7.89. The Morgan fingerprint density at radius 3 is 2.09 bits per heavy atom. The minimum atomic E-state index is -4.90. The molecule has 0 spiro atoms. The average Bonchev–Trinajstić information content (AvgIpc) is 2.86. The summed E-state index contributed by atoms with van der Waals surface area (Å²) in [4.78, 5) is 17.7. The van der Waals surface area contributed by atoms with E-state index in [1.54, 1.807) is 24.4 Å². The first-order valence-electron chi connectivity index (χ1n) is 10.8. The predicted molar refractivity (Wildman–Crippen MR) is 125 cm³/mol. The van der Waals surface area contributed by atoms with Crippen LogP contribution in [-0.4, -0.2) is 11.0 Å². The van der Waals surface area contributed by atoms with Gasteiger partial charge in [0.1, 0.15) is 5.54 Å². The summed E-state index contributed by atoms with van der Waals surface area (Å²) in [6.45, 7) is 0. The van der Waals surface area contributed by atoms with Gasteiger partial charge in [0, 0.05) is 12.6 Å². The Hall–Kier alpha value is -4.20. The van der Waals surface area contributed by atoms with E-state index in [9.17, 15) is 22.4 Å². The van der Waals surface area contributed by atoms with Gasteiger partial charge in [-0.05, 0) is 35.4 Å². The van der Waals surface area contributed by atoms with Crippen LogP contribution in [0.3, 0.4) is 0 Å². The molecular formula is C27H21F4N3O. The van der Waals surface area contributed by atoms with E-state index in [-0.39, 0.29) is 6.42 Å². The van der Waals surface area contributed by atoms with Crippen LogP contribution in [0, 0.1) is 5.82 Å². The number of carbonyl (C=O) groups excluding carboxylic acids is 1. The summed E-state index contributed by atoms with van der Waals surface area (Å²) >= 11 is 0. The Morgan fingerprint density at radius 1 is 0.800 bits per heavy atom. The zero-order valence-corrected chi connectivity index (χ0v) is 18.4. The van der Waals surface area contributed by atoms with Crippen molar-refractivity contribution < 1.29 is 22.4 Å². The van der Waals surface area contributed by atoms with Gasteiger partial charge in [0.05, 0.1) is 16.9 Å². The zero-order valence-electron chi connectivity index (χ0n) is 18.4. The number of nitrogens with zero attached hydrogens (tertiary/aromatic N) is 1. The monoisotopic (exact) mass is 479 g/mol. The van der Waals surface area contributed by atoms with Crippen LogP contribution in [0.1, 0.15) is 22.4 Å². The fourth-order valence-electron chi connectivity index (χ4n) is 3.96. The number of alkyl halides is 3. The molecule has 3 aromatic carbocycles. The lowest BCUT2D eigenvalue weighted by Crippen LogP contribution is -2.50. The van der Waals surface area contributed by atoms with Crippen molar-refractivity contribution in [3.8, 4) is 0 Å². The van der Waals surface area contributed by atoms with Gasteiger partial charge >= 0.3 is 12.2 Å². The smallest absolute Gasteiger partial charge is 0.322 e.